The third kappa shape index (κ3) is 4.97. The van der Waals surface area contributed by atoms with Crippen molar-refractivity contribution in [2.24, 2.45) is 0 Å². The highest BCUT2D eigenvalue weighted by Gasteiger charge is 2.07. The molecule has 1 amide bonds. The van der Waals surface area contributed by atoms with E-state index in [1.54, 1.807) is 12.1 Å². The molecule has 0 aliphatic carbocycles. The standard InChI is InChI=1S/C19H22N6O/c1-24(14-16-7-3-2-4-8-16)12-6-11-20-19(26)17-9-5-10-18(13-17)25-15-21-22-23-25/h2-5,7-10,13,15H,6,11-12,14H2,1H3,(H,20,26). The summed E-state index contributed by atoms with van der Waals surface area (Å²) in [6.45, 7) is 2.45. The van der Waals surface area contributed by atoms with Gasteiger partial charge in [0.15, 0.2) is 0 Å². The second kappa shape index (κ2) is 8.87. The zero-order valence-electron chi connectivity index (χ0n) is 14.7. The quantitative estimate of drug-likeness (QED) is 0.628. The number of rotatable bonds is 8. The molecule has 0 aliphatic heterocycles. The summed E-state index contributed by atoms with van der Waals surface area (Å²) in [5, 5.41) is 14.0. The number of benzene rings is 2. The van der Waals surface area contributed by atoms with Crippen LogP contribution in [-0.2, 0) is 6.54 Å². The van der Waals surface area contributed by atoms with Crippen molar-refractivity contribution in [2.45, 2.75) is 13.0 Å². The molecule has 7 nitrogen and oxygen atoms in total. The Morgan fingerprint density at radius 2 is 2.00 bits per heavy atom. The van der Waals surface area contributed by atoms with Crippen LogP contribution in [-0.4, -0.2) is 51.2 Å². The minimum atomic E-state index is -0.0920. The molecule has 3 rings (SSSR count). The highest BCUT2D eigenvalue weighted by atomic mass is 16.1. The van der Waals surface area contributed by atoms with Gasteiger partial charge in [0.2, 0.25) is 0 Å². The van der Waals surface area contributed by atoms with Gasteiger partial charge >= 0.3 is 0 Å². The van der Waals surface area contributed by atoms with Crippen molar-refractivity contribution in [3.63, 3.8) is 0 Å². The zero-order chi connectivity index (χ0) is 18.2. The van der Waals surface area contributed by atoms with Crippen LogP contribution in [0.5, 0.6) is 0 Å². The smallest absolute Gasteiger partial charge is 0.251 e. The van der Waals surface area contributed by atoms with Gasteiger partial charge in [0.25, 0.3) is 5.91 Å². The van der Waals surface area contributed by atoms with Gasteiger partial charge in [-0.05, 0) is 54.2 Å². The molecule has 0 atom stereocenters. The number of nitrogens with zero attached hydrogens (tertiary/aromatic N) is 5. The Bertz CT molecular complexity index is 819. The molecule has 0 spiro atoms. The van der Waals surface area contributed by atoms with Gasteiger partial charge in [0, 0.05) is 18.7 Å². The molecule has 1 N–H and O–H groups in total. The maximum atomic E-state index is 12.3. The first-order chi connectivity index (χ1) is 12.7. The Hall–Kier alpha value is -3.06. The maximum absolute atomic E-state index is 12.3. The zero-order valence-corrected chi connectivity index (χ0v) is 14.7. The number of carbonyl (C=O) groups is 1. The lowest BCUT2D eigenvalue weighted by molar-refractivity contribution is 0.0952. The van der Waals surface area contributed by atoms with Crippen LogP contribution in [0.2, 0.25) is 0 Å². The van der Waals surface area contributed by atoms with E-state index in [0.717, 1.165) is 25.2 Å². The van der Waals surface area contributed by atoms with Crippen molar-refractivity contribution >= 4 is 5.91 Å². The first-order valence-electron chi connectivity index (χ1n) is 8.56. The lowest BCUT2D eigenvalue weighted by atomic mass is 10.2. The Labute approximate surface area is 152 Å². The van der Waals surface area contributed by atoms with Gasteiger partial charge in [-0.3, -0.25) is 4.79 Å². The Balaban J connectivity index is 1.44. The predicted molar refractivity (Wildman–Crippen MR) is 98.9 cm³/mol. The van der Waals surface area contributed by atoms with Crippen LogP contribution in [0.3, 0.4) is 0 Å². The van der Waals surface area contributed by atoms with Crippen molar-refractivity contribution in [1.82, 2.24) is 30.4 Å². The predicted octanol–water partition coefficient (Wildman–Crippen LogP) is 1.91. The molecular weight excluding hydrogens is 328 g/mol. The van der Waals surface area contributed by atoms with Crippen LogP contribution in [0.25, 0.3) is 5.69 Å². The first-order valence-corrected chi connectivity index (χ1v) is 8.56. The molecular formula is C19H22N6O. The van der Waals surface area contributed by atoms with E-state index in [1.807, 2.05) is 30.3 Å². The lowest BCUT2D eigenvalue weighted by Gasteiger charge is -2.16. The minimum Gasteiger partial charge on any atom is -0.352 e. The van der Waals surface area contributed by atoms with E-state index in [4.69, 9.17) is 0 Å². The van der Waals surface area contributed by atoms with Gasteiger partial charge in [0.05, 0.1) is 5.69 Å². The summed E-state index contributed by atoms with van der Waals surface area (Å²) in [7, 11) is 2.09. The van der Waals surface area contributed by atoms with Crippen molar-refractivity contribution < 1.29 is 4.79 Å². The average molecular weight is 350 g/mol. The van der Waals surface area contributed by atoms with E-state index < -0.39 is 0 Å². The Morgan fingerprint density at radius 3 is 2.77 bits per heavy atom. The Kier molecular flexibility index (Phi) is 6.05. The second-order valence-electron chi connectivity index (χ2n) is 6.14. The molecule has 0 saturated carbocycles. The van der Waals surface area contributed by atoms with Gasteiger partial charge < -0.3 is 10.2 Å². The van der Waals surface area contributed by atoms with Crippen LogP contribution in [0.4, 0.5) is 0 Å². The molecule has 0 unspecified atom stereocenters. The monoisotopic (exact) mass is 350 g/mol. The summed E-state index contributed by atoms with van der Waals surface area (Å²) in [5.41, 5.74) is 2.64. The number of aromatic nitrogens is 4. The molecule has 2 aromatic carbocycles. The van der Waals surface area contributed by atoms with Gasteiger partial charge in [-0.15, -0.1) is 5.10 Å². The lowest BCUT2D eigenvalue weighted by Crippen LogP contribution is -2.28. The van der Waals surface area contributed by atoms with E-state index in [2.05, 4.69) is 44.9 Å². The van der Waals surface area contributed by atoms with Crippen molar-refractivity contribution in [2.75, 3.05) is 20.1 Å². The van der Waals surface area contributed by atoms with Crippen molar-refractivity contribution in [1.29, 1.82) is 0 Å². The van der Waals surface area contributed by atoms with E-state index in [-0.39, 0.29) is 5.91 Å². The number of tetrazole rings is 1. The number of nitrogens with one attached hydrogen (secondary N) is 1. The SMILES string of the molecule is CN(CCCNC(=O)c1cccc(-n2cnnn2)c1)Cc1ccccc1. The average Bonchev–Trinajstić information content (AvgIpc) is 3.21. The molecule has 134 valence electrons. The minimum absolute atomic E-state index is 0.0920. The number of amides is 1. The van der Waals surface area contributed by atoms with Crippen LogP contribution in [0.15, 0.2) is 60.9 Å². The van der Waals surface area contributed by atoms with Crippen molar-refractivity contribution in [3.05, 3.63) is 72.1 Å². The molecule has 1 heterocycles. The third-order valence-corrected chi connectivity index (χ3v) is 4.02. The summed E-state index contributed by atoms with van der Waals surface area (Å²) in [6.07, 6.45) is 2.39. The van der Waals surface area contributed by atoms with Gasteiger partial charge in [-0.1, -0.05) is 36.4 Å². The van der Waals surface area contributed by atoms with Crippen LogP contribution >= 0.6 is 0 Å². The molecule has 0 aliphatic rings. The Morgan fingerprint density at radius 1 is 1.15 bits per heavy atom. The molecule has 0 saturated heterocycles. The fourth-order valence-electron chi connectivity index (χ4n) is 2.70. The molecule has 0 radical (unpaired) electrons. The second-order valence-corrected chi connectivity index (χ2v) is 6.14. The first kappa shape index (κ1) is 17.8. The molecule has 7 heteroatoms. The summed E-state index contributed by atoms with van der Waals surface area (Å²) in [5.74, 6) is -0.0920. The van der Waals surface area contributed by atoms with Gasteiger partial charge in [-0.25, -0.2) is 4.68 Å². The summed E-state index contributed by atoms with van der Waals surface area (Å²) in [4.78, 5) is 14.6. The van der Waals surface area contributed by atoms with E-state index in [1.165, 1.54) is 16.6 Å². The summed E-state index contributed by atoms with van der Waals surface area (Å²) in [6, 6.07) is 17.6. The van der Waals surface area contributed by atoms with E-state index >= 15 is 0 Å². The number of hydrogen-bond donors (Lipinski definition) is 1. The van der Waals surface area contributed by atoms with Gasteiger partial charge in [-0.2, -0.15) is 0 Å². The highest BCUT2D eigenvalue weighted by molar-refractivity contribution is 5.94. The molecule has 0 bridgehead atoms. The summed E-state index contributed by atoms with van der Waals surface area (Å²) < 4.78 is 1.52. The normalized spacial score (nSPS) is 10.8. The number of hydrogen-bond acceptors (Lipinski definition) is 5. The van der Waals surface area contributed by atoms with Crippen LogP contribution < -0.4 is 5.32 Å². The molecule has 3 aromatic rings. The largest absolute Gasteiger partial charge is 0.352 e. The summed E-state index contributed by atoms with van der Waals surface area (Å²) >= 11 is 0. The number of carbonyl (C=O) groups excluding carboxylic acids is 1. The molecule has 26 heavy (non-hydrogen) atoms. The maximum Gasteiger partial charge on any atom is 0.251 e. The molecule has 0 fully saturated rings. The molecule has 1 aromatic heterocycles. The third-order valence-electron chi connectivity index (χ3n) is 4.02. The fraction of sp³-hybridized carbons (Fsp3) is 0.263. The van der Waals surface area contributed by atoms with Crippen LogP contribution in [0, 0.1) is 0 Å². The highest BCUT2D eigenvalue weighted by Crippen LogP contribution is 2.08. The topological polar surface area (TPSA) is 75.9 Å². The fourth-order valence-corrected chi connectivity index (χ4v) is 2.70. The van der Waals surface area contributed by atoms with Gasteiger partial charge in [0.1, 0.15) is 6.33 Å². The van der Waals surface area contributed by atoms with Crippen LogP contribution in [0.1, 0.15) is 22.3 Å². The van der Waals surface area contributed by atoms with Crippen molar-refractivity contribution in [3.8, 4) is 5.69 Å². The van der Waals surface area contributed by atoms with E-state index in [9.17, 15) is 4.79 Å². The van der Waals surface area contributed by atoms with E-state index in [0.29, 0.717) is 12.1 Å².